The molecule has 2 aliphatic carbocycles. The first kappa shape index (κ1) is 23.1. The fourth-order valence-corrected chi connectivity index (χ4v) is 4.92. The first-order valence-electron chi connectivity index (χ1n) is 12.5. The van der Waals surface area contributed by atoms with Crippen LogP contribution in [0.4, 0.5) is 4.79 Å². The topological polar surface area (TPSA) is 97.7 Å². The monoisotopic (exact) mass is 469 g/mol. The van der Waals surface area contributed by atoms with E-state index in [1.54, 1.807) is 0 Å². The lowest BCUT2D eigenvalue weighted by molar-refractivity contribution is -0.148. The number of hydrogen-bond donors (Lipinski definition) is 2. The average molecular weight is 470 g/mol. The van der Waals surface area contributed by atoms with Crippen molar-refractivity contribution in [3.05, 3.63) is 29.5 Å². The summed E-state index contributed by atoms with van der Waals surface area (Å²) in [5, 5.41) is 12.1. The molecule has 0 radical (unpaired) electrons. The lowest BCUT2D eigenvalue weighted by Gasteiger charge is -2.33. The molecule has 5 rings (SSSR count). The molecule has 2 atom stereocenters. The summed E-state index contributed by atoms with van der Waals surface area (Å²) in [6.07, 6.45) is 4.42. The van der Waals surface area contributed by atoms with Crippen molar-refractivity contribution in [2.75, 3.05) is 33.4 Å². The van der Waals surface area contributed by atoms with Gasteiger partial charge >= 0.3 is 6.09 Å². The Morgan fingerprint density at radius 2 is 2.15 bits per heavy atom. The number of morpholine rings is 1. The summed E-state index contributed by atoms with van der Waals surface area (Å²) in [5.74, 6) is 0.705. The molecule has 34 heavy (non-hydrogen) atoms. The molecule has 2 saturated carbocycles. The molecule has 3 aliphatic rings. The number of aryl methyl sites for hydroxylation is 1. The summed E-state index contributed by atoms with van der Waals surface area (Å²) in [4.78, 5) is 26.9. The zero-order chi connectivity index (χ0) is 23.7. The van der Waals surface area contributed by atoms with E-state index in [1.807, 2.05) is 9.58 Å². The van der Waals surface area contributed by atoms with Gasteiger partial charge in [0, 0.05) is 37.6 Å². The highest BCUT2D eigenvalue weighted by Crippen LogP contribution is 2.42. The van der Waals surface area contributed by atoms with Crippen LogP contribution in [0.25, 0.3) is 10.9 Å². The van der Waals surface area contributed by atoms with E-state index < -0.39 is 12.2 Å². The fourth-order valence-electron chi connectivity index (χ4n) is 4.92. The van der Waals surface area contributed by atoms with Gasteiger partial charge in [-0.25, -0.2) is 4.79 Å². The Morgan fingerprint density at radius 3 is 2.82 bits per heavy atom. The molecule has 1 saturated heterocycles. The number of benzene rings is 1. The summed E-state index contributed by atoms with van der Waals surface area (Å²) in [7, 11) is 1.37. The maximum atomic E-state index is 13.5. The Hall–Kier alpha value is -2.65. The van der Waals surface area contributed by atoms with Gasteiger partial charge in [-0.2, -0.15) is 5.10 Å². The largest absolute Gasteiger partial charge is 0.453 e. The molecule has 2 amide bonds. The predicted octanol–water partition coefficient (Wildman–Crippen LogP) is 2.70. The molecule has 9 nitrogen and oxygen atoms in total. The van der Waals surface area contributed by atoms with E-state index >= 15 is 0 Å². The molecule has 184 valence electrons. The number of amides is 2. The Balaban J connectivity index is 1.41. The van der Waals surface area contributed by atoms with Crippen molar-refractivity contribution < 1.29 is 19.1 Å². The third-order valence-corrected chi connectivity index (χ3v) is 7.07. The van der Waals surface area contributed by atoms with Gasteiger partial charge in [0.1, 0.15) is 6.10 Å². The van der Waals surface area contributed by atoms with Gasteiger partial charge in [-0.3, -0.25) is 9.48 Å². The van der Waals surface area contributed by atoms with Gasteiger partial charge in [0.2, 0.25) is 0 Å². The van der Waals surface area contributed by atoms with Crippen LogP contribution in [0.15, 0.2) is 18.2 Å². The van der Waals surface area contributed by atoms with Gasteiger partial charge in [-0.15, -0.1) is 0 Å². The Kier molecular flexibility index (Phi) is 6.74. The van der Waals surface area contributed by atoms with Crippen molar-refractivity contribution in [2.24, 2.45) is 0 Å². The number of nitrogens with zero attached hydrogens (tertiary/aromatic N) is 3. The lowest BCUT2D eigenvalue weighted by Crippen LogP contribution is -2.50. The van der Waals surface area contributed by atoms with Crippen molar-refractivity contribution in [3.63, 3.8) is 0 Å². The average Bonchev–Trinajstić information content (AvgIpc) is 3.80. The minimum absolute atomic E-state index is 0.0572. The fraction of sp³-hybridized carbons (Fsp3) is 0.640. The summed E-state index contributed by atoms with van der Waals surface area (Å²) >= 11 is 0. The molecular weight excluding hydrogens is 434 g/mol. The number of carbonyl (C=O) groups excluding carboxylic acids is 2. The minimum Gasteiger partial charge on any atom is -0.453 e. The Morgan fingerprint density at radius 1 is 1.32 bits per heavy atom. The summed E-state index contributed by atoms with van der Waals surface area (Å²) in [6.45, 7) is 5.18. The van der Waals surface area contributed by atoms with Gasteiger partial charge in [-0.05, 0) is 56.6 Å². The van der Waals surface area contributed by atoms with Gasteiger partial charge < -0.3 is 25.0 Å². The van der Waals surface area contributed by atoms with Crippen LogP contribution >= 0.6 is 0 Å². The number of carbonyl (C=O) groups is 2. The first-order valence-corrected chi connectivity index (χ1v) is 12.5. The summed E-state index contributed by atoms with van der Waals surface area (Å²) in [5.41, 5.74) is 3.39. The minimum atomic E-state index is -0.434. The highest BCUT2D eigenvalue weighted by Gasteiger charge is 2.41. The van der Waals surface area contributed by atoms with Gasteiger partial charge in [0.05, 0.1) is 31.0 Å². The molecule has 1 aliphatic heterocycles. The zero-order valence-corrected chi connectivity index (χ0v) is 20.1. The lowest BCUT2D eigenvalue weighted by atomic mass is 10.0. The van der Waals surface area contributed by atoms with Crippen molar-refractivity contribution in [1.82, 2.24) is 25.3 Å². The maximum Gasteiger partial charge on any atom is 0.406 e. The summed E-state index contributed by atoms with van der Waals surface area (Å²) < 4.78 is 12.5. The molecule has 2 heterocycles. The van der Waals surface area contributed by atoms with E-state index in [0.29, 0.717) is 32.2 Å². The van der Waals surface area contributed by atoms with Gasteiger partial charge in [0.25, 0.3) is 5.91 Å². The molecule has 0 bridgehead atoms. The molecule has 3 fully saturated rings. The second-order valence-electron chi connectivity index (χ2n) is 9.65. The van der Waals surface area contributed by atoms with Crippen molar-refractivity contribution in [2.45, 2.75) is 69.7 Å². The standard InChI is InChI=1S/C25H35N5O4/c1-16(30(19-7-8-19)24(31)22-15-26-11-13-34-22)23-20-9-6-18(17-4-5-17)14-21(20)29(28-23)12-3-10-27-25(32)33-2/h6,9,14,16-17,19,22,26H,3-5,7-8,10-13,15H2,1-2H3,(H,27,32)/t16-,22-/m1/s1. The van der Waals surface area contributed by atoms with Crippen molar-refractivity contribution >= 4 is 22.9 Å². The predicted molar refractivity (Wildman–Crippen MR) is 128 cm³/mol. The van der Waals surface area contributed by atoms with Crippen LogP contribution in [-0.2, 0) is 20.8 Å². The van der Waals surface area contributed by atoms with Crippen LogP contribution < -0.4 is 10.6 Å². The molecule has 9 heteroatoms. The highest BCUT2D eigenvalue weighted by atomic mass is 16.5. The number of rotatable bonds is 9. The molecule has 2 N–H and O–H groups in total. The second kappa shape index (κ2) is 9.92. The molecule has 1 aromatic carbocycles. The van der Waals surface area contributed by atoms with Crippen molar-refractivity contribution in [1.29, 1.82) is 0 Å². The van der Waals surface area contributed by atoms with Crippen LogP contribution in [0.5, 0.6) is 0 Å². The number of hydrogen-bond acceptors (Lipinski definition) is 6. The number of alkyl carbamates (subject to hydrolysis) is 1. The number of methoxy groups -OCH3 is 1. The van der Waals surface area contributed by atoms with E-state index in [-0.39, 0.29) is 18.0 Å². The highest BCUT2D eigenvalue weighted by molar-refractivity contribution is 5.86. The smallest absolute Gasteiger partial charge is 0.406 e. The molecule has 1 aromatic heterocycles. The van der Waals surface area contributed by atoms with E-state index in [0.717, 1.165) is 42.4 Å². The SMILES string of the molecule is COC(=O)NCCCn1nc([C@@H](C)N(C(=O)[C@H]2CNCCO2)C2CC2)c2ccc(C3CC3)cc21. The molecule has 0 unspecified atom stereocenters. The third kappa shape index (κ3) is 4.90. The van der Waals surface area contributed by atoms with Crippen LogP contribution in [-0.4, -0.2) is 72.2 Å². The molecular formula is C25H35N5O4. The van der Waals surface area contributed by atoms with E-state index in [2.05, 4.69) is 40.5 Å². The normalized spacial score (nSPS) is 21.3. The van der Waals surface area contributed by atoms with Crippen LogP contribution in [0.3, 0.4) is 0 Å². The number of aromatic nitrogens is 2. The van der Waals surface area contributed by atoms with Crippen LogP contribution in [0.1, 0.15) is 62.2 Å². The Labute approximate surface area is 200 Å². The van der Waals surface area contributed by atoms with E-state index in [9.17, 15) is 9.59 Å². The van der Waals surface area contributed by atoms with Gasteiger partial charge in [-0.1, -0.05) is 12.1 Å². The van der Waals surface area contributed by atoms with Gasteiger partial charge in [0.15, 0.2) is 0 Å². The molecule has 0 spiro atoms. The summed E-state index contributed by atoms with van der Waals surface area (Å²) in [6, 6.07) is 6.77. The second-order valence-corrected chi connectivity index (χ2v) is 9.65. The Bertz CT molecular complexity index is 1040. The quantitative estimate of drug-likeness (QED) is 0.548. The van der Waals surface area contributed by atoms with Crippen LogP contribution in [0.2, 0.25) is 0 Å². The molecule has 2 aromatic rings. The number of nitrogens with one attached hydrogen (secondary N) is 2. The number of fused-ring (bicyclic) bond motifs is 1. The third-order valence-electron chi connectivity index (χ3n) is 7.07. The van der Waals surface area contributed by atoms with E-state index in [1.165, 1.54) is 25.5 Å². The van der Waals surface area contributed by atoms with Crippen LogP contribution in [0, 0.1) is 0 Å². The van der Waals surface area contributed by atoms with E-state index in [4.69, 9.17) is 9.84 Å². The van der Waals surface area contributed by atoms with Crippen molar-refractivity contribution in [3.8, 4) is 0 Å². The zero-order valence-electron chi connectivity index (χ0n) is 20.1. The first-order chi connectivity index (χ1) is 16.6. The number of ether oxygens (including phenoxy) is 2. The maximum absolute atomic E-state index is 13.5.